The predicted molar refractivity (Wildman–Crippen MR) is 64.5 cm³/mol. The molecular formula is C14H13N. The molecule has 1 heteroatoms. The lowest BCUT2D eigenvalue weighted by Crippen LogP contribution is -1.88. The highest BCUT2D eigenvalue weighted by Gasteiger charge is 2.04. The van der Waals surface area contributed by atoms with E-state index in [0.29, 0.717) is 0 Å². The second-order valence-electron chi connectivity index (χ2n) is 3.43. The van der Waals surface area contributed by atoms with Crippen LogP contribution in [-0.2, 0) is 0 Å². The molecule has 0 saturated heterocycles. The van der Waals surface area contributed by atoms with Crippen molar-refractivity contribution in [3.8, 4) is 11.1 Å². The third-order valence-electron chi connectivity index (χ3n) is 2.48. The molecule has 2 rings (SSSR count). The van der Waals surface area contributed by atoms with Crippen molar-refractivity contribution < 1.29 is 0 Å². The van der Waals surface area contributed by atoms with Gasteiger partial charge in [-0.3, -0.25) is 4.98 Å². The van der Waals surface area contributed by atoms with Crippen molar-refractivity contribution >= 4 is 6.08 Å². The maximum atomic E-state index is 4.30. The molecule has 0 spiro atoms. The molecule has 0 N–H and O–H groups in total. The number of aromatic nitrogens is 1. The zero-order valence-corrected chi connectivity index (χ0v) is 8.77. The standard InChI is InChI=1S/C14H13N/c1-3-12-7-4-5-8-14(12)13-9-6-10-15-11(13)2/h3-10H,1H2,2H3. The summed E-state index contributed by atoms with van der Waals surface area (Å²) < 4.78 is 0. The first-order valence-electron chi connectivity index (χ1n) is 4.96. The highest BCUT2D eigenvalue weighted by molar-refractivity contribution is 5.75. The monoisotopic (exact) mass is 195 g/mol. The Kier molecular flexibility index (Phi) is 2.64. The van der Waals surface area contributed by atoms with Gasteiger partial charge in [0.15, 0.2) is 0 Å². The summed E-state index contributed by atoms with van der Waals surface area (Å²) >= 11 is 0. The molecule has 15 heavy (non-hydrogen) atoms. The van der Waals surface area contributed by atoms with E-state index in [0.717, 1.165) is 11.3 Å². The van der Waals surface area contributed by atoms with Crippen LogP contribution in [0.25, 0.3) is 17.2 Å². The maximum Gasteiger partial charge on any atom is 0.0451 e. The number of aryl methyl sites for hydroxylation is 1. The Morgan fingerprint density at radius 1 is 1.07 bits per heavy atom. The van der Waals surface area contributed by atoms with Crippen molar-refractivity contribution in [1.82, 2.24) is 4.98 Å². The molecule has 0 aliphatic carbocycles. The van der Waals surface area contributed by atoms with Gasteiger partial charge in [-0.05, 0) is 24.1 Å². The maximum absolute atomic E-state index is 4.30. The van der Waals surface area contributed by atoms with E-state index in [4.69, 9.17) is 0 Å². The topological polar surface area (TPSA) is 12.9 Å². The Morgan fingerprint density at radius 3 is 2.53 bits per heavy atom. The Hall–Kier alpha value is -1.89. The Balaban J connectivity index is 2.64. The summed E-state index contributed by atoms with van der Waals surface area (Å²) in [6.45, 7) is 5.85. The molecular weight excluding hydrogens is 182 g/mol. The fraction of sp³-hybridized carbons (Fsp3) is 0.0714. The highest BCUT2D eigenvalue weighted by Crippen LogP contribution is 2.25. The van der Waals surface area contributed by atoms with Gasteiger partial charge in [0.1, 0.15) is 0 Å². The first-order valence-corrected chi connectivity index (χ1v) is 4.96. The number of rotatable bonds is 2. The third kappa shape index (κ3) is 1.82. The predicted octanol–water partition coefficient (Wildman–Crippen LogP) is 3.70. The van der Waals surface area contributed by atoms with E-state index >= 15 is 0 Å². The van der Waals surface area contributed by atoms with Crippen molar-refractivity contribution in [3.63, 3.8) is 0 Å². The van der Waals surface area contributed by atoms with E-state index < -0.39 is 0 Å². The van der Waals surface area contributed by atoms with Gasteiger partial charge in [0.05, 0.1) is 0 Å². The van der Waals surface area contributed by atoms with Crippen LogP contribution in [0.3, 0.4) is 0 Å². The van der Waals surface area contributed by atoms with Gasteiger partial charge in [0, 0.05) is 17.5 Å². The molecule has 0 atom stereocenters. The quantitative estimate of drug-likeness (QED) is 0.712. The second kappa shape index (κ2) is 4.09. The second-order valence-corrected chi connectivity index (χ2v) is 3.43. The lowest BCUT2D eigenvalue weighted by atomic mass is 9.99. The molecule has 0 fully saturated rings. The molecule has 1 aromatic carbocycles. The van der Waals surface area contributed by atoms with Crippen LogP contribution in [0.4, 0.5) is 0 Å². The minimum absolute atomic E-state index is 1.05. The fourth-order valence-electron chi connectivity index (χ4n) is 1.69. The number of hydrogen-bond donors (Lipinski definition) is 0. The van der Waals surface area contributed by atoms with Crippen LogP contribution < -0.4 is 0 Å². The van der Waals surface area contributed by atoms with Crippen molar-refractivity contribution in [2.75, 3.05) is 0 Å². The summed E-state index contributed by atoms with van der Waals surface area (Å²) in [5.41, 5.74) is 4.56. The summed E-state index contributed by atoms with van der Waals surface area (Å²) in [6.07, 6.45) is 3.69. The Morgan fingerprint density at radius 2 is 1.80 bits per heavy atom. The molecule has 1 heterocycles. The van der Waals surface area contributed by atoms with Gasteiger partial charge < -0.3 is 0 Å². The number of pyridine rings is 1. The zero-order valence-electron chi connectivity index (χ0n) is 8.77. The minimum atomic E-state index is 1.05. The average molecular weight is 195 g/mol. The smallest absolute Gasteiger partial charge is 0.0451 e. The summed E-state index contributed by atoms with van der Waals surface area (Å²) in [6, 6.07) is 12.3. The van der Waals surface area contributed by atoms with Crippen LogP contribution in [0.1, 0.15) is 11.3 Å². The number of benzene rings is 1. The lowest BCUT2D eigenvalue weighted by molar-refractivity contribution is 1.20. The van der Waals surface area contributed by atoms with Gasteiger partial charge >= 0.3 is 0 Å². The van der Waals surface area contributed by atoms with E-state index in [1.807, 2.05) is 37.4 Å². The van der Waals surface area contributed by atoms with Crippen LogP contribution in [0, 0.1) is 6.92 Å². The van der Waals surface area contributed by atoms with Gasteiger partial charge in [-0.15, -0.1) is 0 Å². The molecule has 2 aromatic rings. The lowest BCUT2D eigenvalue weighted by Gasteiger charge is -2.07. The largest absolute Gasteiger partial charge is 0.261 e. The summed E-state index contributed by atoms with van der Waals surface area (Å²) in [4.78, 5) is 4.30. The number of nitrogens with zero attached hydrogens (tertiary/aromatic N) is 1. The van der Waals surface area contributed by atoms with Crippen LogP contribution >= 0.6 is 0 Å². The van der Waals surface area contributed by atoms with Crippen molar-refractivity contribution in [1.29, 1.82) is 0 Å². The molecule has 1 aromatic heterocycles. The zero-order chi connectivity index (χ0) is 10.7. The van der Waals surface area contributed by atoms with Crippen LogP contribution in [0.2, 0.25) is 0 Å². The SMILES string of the molecule is C=Cc1ccccc1-c1cccnc1C. The Labute approximate surface area is 90.1 Å². The molecule has 1 nitrogen and oxygen atoms in total. The van der Waals surface area contributed by atoms with Gasteiger partial charge in [-0.25, -0.2) is 0 Å². The van der Waals surface area contributed by atoms with Gasteiger partial charge in [-0.1, -0.05) is 43.0 Å². The van der Waals surface area contributed by atoms with Crippen LogP contribution in [-0.4, -0.2) is 4.98 Å². The summed E-state index contributed by atoms with van der Waals surface area (Å²) in [5, 5.41) is 0. The minimum Gasteiger partial charge on any atom is -0.261 e. The van der Waals surface area contributed by atoms with E-state index in [-0.39, 0.29) is 0 Å². The molecule has 0 radical (unpaired) electrons. The fourth-order valence-corrected chi connectivity index (χ4v) is 1.69. The highest BCUT2D eigenvalue weighted by atomic mass is 14.7. The molecule has 74 valence electrons. The molecule has 0 aliphatic rings. The molecule has 0 aliphatic heterocycles. The van der Waals surface area contributed by atoms with E-state index in [9.17, 15) is 0 Å². The third-order valence-corrected chi connectivity index (χ3v) is 2.48. The van der Waals surface area contributed by atoms with Crippen LogP contribution in [0.5, 0.6) is 0 Å². The first-order chi connectivity index (χ1) is 7.33. The normalized spacial score (nSPS) is 9.93. The van der Waals surface area contributed by atoms with Gasteiger partial charge in [-0.2, -0.15) is 0 Å². The van der Waals surface area contributed by atoms with E-state index in [1.54, 1.807) is 0 Å². The molecule has 0 bridgehead atoms. The molecule has 0 saturated carbocycles. The van der Waals surface area contributed by atoms with Gasteiger partial charge in [0.2, 0.25) is 0 Å². The molecule has 0 amide bonds. The van der Waals surface area contributed by atoms with Gasteiger partial charge in [0.25, 0.3) is 0 Å². The van der Waals surface area contributed by atoms with E-state index in [1.165, 1.54) is 11.1 Å². The summed E-state index contributed by atoms with van der Waals surface area (Å²) in [7, 11) is 0. The Bertz CT molecular complexity index is 486. The van der Waals surface area contributed by atoms with E-state index in [2.05, 4.69) is 29.8 Å². The van der Waals surface area contributed by atoms with Crippen molar-refractivity contribution in [3.05, 3.63) is 60.4 Å². The first kappa shape index (κ1) is 9.66. The van der Waals surface area contributed by atoms with Crippen LogP contribution in [0.15, 0.2) is 49.2 Å². The van der Waals surface area contributed by atoms with Crippen molar-refractivity contribution in [2.24, 2.45) is 0 Å². The average Bonchev–Trinajstić information content (AvgIpc) is 2.30. The van der Waals surface area contributed by atoms with Crippen molar-refractivity contribution in [2.45, 2.75) is 6.92 Å². The summed E-state index contributed by atoms with van der Waals surface area (Å²) in [5.74, 6) is 0. The molecule has 0 unspecified atom stereocenters. The number of hydrogen-bond acceptors (Lipinski definition) is 1.